The second-order valence-corrected chi connectivity index (χ2v) is 14.3. The third-order valence-corrected chi connectivity index (χ3v) is 10.2. The summed E-state index contributed by atoms with van der Waals surface area (Å²) in [4.78, 5) is 26.7. The maximum atomic E-state index is 13.6. The number of hydrogen-bond acceptors (Lipinski definition) is 7. The minimum Gasteiger partial charge on any atom is -0.460 e. The molecule has 4 rings (SSSR count). The maximum Gasteiger partial charge on any atom is 0.397 e. The van der Waals surface area contributed by atoms with E-state index in [4.69, 9.17) is 14.0 Å². The number of carbonyl (C=O) groups is 2. The first-order valence-corrected chi connectivity index (χ1v) is 18.0. The summed E-state index contributed by atoms with van der Waals surface area (Å²) in [5.41, 5.74) is 4.33. The van der Waals surface area contributed by atoms with Crippen LogP contribution in [0.1, 0.15) is 34.7 Å². The molecular formula is C36H39O8S2+. The number of esters is 2. The van der Waals surface area contributed by atoms with Crippen molar-refractivity contribution < 1.29 is 36.2 Å². The zero-order chi connectivity index (χ0) is 32.8. The predicted molar refractivity (Wildman–Crippen MR) is 179 cm³/mol. The van der Waals surface area contributed by atoms with Gasteiger partial charge in [-0.3, -0.25) is 14.1 Å². The lowest BCUT2D eigenvalue weighted by Gasteiger charge is -2.20. The molecule has 4 aromatic carbocycles. The van der Waals surface area contributed by atoms with Gasteiger partial charge in [0.2, 0.25) is 0 Å². The fourth-order valence-corrected chi connectivity index (χ4v) is 7.82. The van der Waals surface area contributed by atoms with E-state index >= 15 is 0 Å². The van der Waals surface area contributed by atoms with Gasteiger partial charge in [-0.1, -0.05) is 115 Å². The van der Waals surface area contributed by atoms with Gasteiger partial charge in [0.25, 0.3) is 0 Å². The number of rotatable bonds is 17. The molecule has 8 nitrogen and oxygen atoms in total. The molecule has 0 saturated carbocycles. The highest BCUT2D eigenvalue weighted by Gasteiger charge is 2.34. The van der Waals surface area contributed by atoms with Crippen molar-refractivity contribution in [3.63, 3.8) is 0 Å². The van der Waals surface area contributed by atoms with E-state index in [0.29, 0.717) is 29.2 Å². The van der Waals surface area contributed by atoms with Gasteiger partial charge in [0.1, 0.15) is 36.4 Å². The van der Waals surface area contributed by atoms with Crippen molar-refractivity contribution in [1.29, 1.82) is 0 Å². The summed E-state index contributed by atoms with van der Waals surface area (Å²) >= 11 is 0. The predicted octanol–water partition coefficient (Wildman–Crippen LogP) is 6.11. The largest absolute Gasteiger partial charge is 0.460 e. The Balaban J connectivity index is 1.50. The topological polar surface area (TPSA) is 116 Å². The molecule has 3 unspecified atom stereocenters. The van der Waals surface area contributed by atoms with Crippen LogP contribution >= 0.6 is 0 Å². The van der Waals surface area contributed by atoms with E-state index < -0.39 is 16.3 Å². The van der Waals surface area contributed by atoms with Crippen LogP contribution in [0, 0.1) is 11.8 Å². The summed E-state index contributed by atoms with van der Waals surface area (Å²) in [6, 6.07) is 36.1. The average molecular weight is 664 g/mol. The van der Waals surface area contributed by atoms with E-state index in [2.05, 4.69) is 16.3 Å². The van der Waals surface area contributed by atoms with Crippen molar-refractivity contribution in [2.75, 3.05) is 11.5 Å². The van der Waals surface area contributed by atoms with Gasteiger partial charge in [0.05, 0.1) is 12.5 Å². The molecule has 0 heterocycles. The molecular weight excluding hydrogens is 625 g/mol. The number of carbonyl (C=O) groups excluding carboxylic acids is 2. The van der Waals surface area contributed by atoms with Crippen LogP contribution in [0.25, 0.3) is 0 Å². The minimum atomic E-state index is -4.56. The summed E-state index contributed by atoms with van der Waals surface area (Å²) in [6.07, 6.45) is 0.387. The van der Waals surface area contributed by atoms with Gasteiger partial charge in [-0.2, -0.15) is 8.42 Å². The fourth-order valence-electron chi connectivity index (χ4n) is 4.83. The number of benzene rings is 4. The molecule has 3 atom stereocenters. The summed E-state index contributed by atoms with van der Waals surface area (Å²) < 4.78 is 46.7. The Morgan fingerprint density at radius 2 is 1.09 bits per heavy atom. The van der Waals surface area contributed by atoms with Crippen molar-refractivity contribution in [2.24, 2.45) is 11.8 Å². The first-order valence-electron chi connectivity index (χ1n) is 14.9. The van der Waals surface area contributed by atoms with Gasteiger partial charge in [0, 0.05) is 5.56 Å². The Hall–Kier alpha value is -3.96. The molecule has 0 aliphatic heterocycles. The molecule has 0 radical (unpaired) electrons. The van der Waals surface area contributed by atoms with Crippen LogP contribution < -0.4 is 0 Å². The molecule has 1 N–H and O–H groups in total. The van der Waals surface area contributed by atoms with E-state index in [1.165, 1.54) is 0 Å². The monoisotopic (exact) mass is 663 g/mol. The highest BCUT2D eigenvalue weighted by atomic mass is 32.3. The van der Waals surface area contributed by atoms with Crippen molar-refractivity contribution in [1.82, 2.24) is 0 Å². The van der Waals surface area contributed by atoms with Crippen molar-refractivity contribution in [3.05, 3.63) is 143 Å². The highest BCUT2D eigenvalue weighted by Crippen LogP contribution is 2.22. The zero-order valence-electron chi connectivity index (χ0n) is 25.7. The first kappa shape index (κ1) is 34.9. The van der Waals surface area contributed by atoms with Gasteiger partial charge in [0.15, 0.2) is 0 Å². The van der Waals surface area contributed by atoms with Crippen LogP contribution in [-0.2, 0) is 76.5 Å². The summed E-state index contributed by atoms with van der Waals surface area (Å²) in [5.74, 6) is 0.282. The van der Waals surface area contributed by atoms with E-state index in [1.54, 1.807) is 24.3 Å². The van der Waals surface area contributed by atoms with Crippen molar-refractivity contribution >= 4 is 33.2 Å². The van der Waals surface area contributed by atoms with Crippen molar-refractivity contribution in [3.8, 4) is 0 Å². The van der Waals surface area contributed by atoms with Crippen LogP contribution in [0.3, 0.4) is 0 Å². The van der Waals surface area contributed by atoms with Crippen LogP contribution in [0.2, 0.25) is 0 Å². The Morgan fingerprint density at radius 1 is 0.630 bits per heavy atom. The van der Waals surface area contributed by atoms with Gasteiger partial charge in [-0.15, -0.1) is 0 Å². The van der Waals surface area contributed by atoms with Crippen LogP contribution in [0.15, 0.2) is 115 Å². The Kier molecular flexibility index (Phi) is 13.4. The van der Waals surface area contributed by atoms with E-state index in [-0.39, 0.29) is 48.6 Å². The summed E-state index contributed by atoms with van der Waals surface area (Å²) in [6.45, 7) is 1.92. The molecule has 242 valence electrons. The third-order valence-electron chi connectivity index (χ3n) is 7.20. The molecule has 0 fully saturated rings. The normalized spacial score (nSPS) is 13.3. The lowest BCUT2D eigenvalue weighted by Crippen LogP contribution is -2.33. The minimum absolute atomic E-state index is 0.150. The second kappa shape index (κ2) is 17.7. The van der Waals surface area contributed by atoms with E-state index in [1.807, 2.05) is 85.8 Å². The van der Waals surface area contributed by atoms with Crippen LogP contribution in [-0.4, -0.2) is 36.4 Å². The third kappa shape index (κ3) is 12.4. The second-order valence-electron chi connectivity index (χ2n) is 11.1. The van der Waals surface area contributed by atoms with Crippen LogP contribution in [0.4, 0.5) is 0 Å². The molecule has 4 aromatic rings. The Labute approximate surface area is 274 Å². The lowest BCUT2D eigenvalue weighted by molar-refractivity contribution is -0.149. The zero-order valence-corrected chi connectivity index (χ0v) is 27.3. The molecule has 0 amide bonds. The molecule has 46 heavy (non-hydrogen) atoms. The SMILES string of the molecule is CC(C[S+](Cc1ccccc1)CC(Cc1ccc(COS(=O)(=O)O)cc1)C(=O)OCc1ccccc1)C(=O)OCc1ccccc1. The van der Waals surface area contributed by atoms with Gasteiger partial charge >= 0.3 is 22.3 Å². The number of hydrogen-bond donors (Lipinski definition) is 1. The van der Waals surface area contributed by atoms with Gasteiger partial charge < -0.3 is 9.47 Å². The summed E-state index contributed by atoms with van der Waals surface area (Å²) in [7, 11) is -4.94. The maximum absolute atomic E-state index is 13.6. The quantitative estimate of drug-likeness (QED) is 0.0818. The smallest absolute Gasteiger partial charge is 0.397 e. The highest BCUT2D eigenvalue weighted by molar-refractivity contribution is 7.96. The number of ether oxygens (including phenoxy) is 2. The molecule has 0 spiro atoms. The van der Waals surface area contributed by atoms with Crippen LogP contribution in [0.5, 0.6) is 0 Å². The molecule has 0 aliphatic carbocycles. The average Bonchev–Trinajstić information content (AvgIpc) is 3.06. The molecule has 0 bridgehead atoms. The Morgan fingerprint density at radius 3 is 1.61 bits per heavy atom. The van der Waals surface area contributed by atoms with Gasteiger partial charge in [-0.25, -0.2) is 4.18 Å². The molecule has 0 saturated heterocycles. The van der Waals surface area contributed by atoms with Gasteiger partial charge in [-0.05, 0) is 46.5 Å². The molecule has 0 aromatic heterocycles. The lowest BCUT2D eigenvalue weighted by atomic mass is 10.00. The van der Waals surface area contributed by atoms with E-state index in [9.17, 15) is 18.0 Å². The first-order chi connectivity index (χ1) is 22.1. The van der Waals surface area contributed by atoms with Crippen molar-refractivity contribution in [2.45, 2.75) is 38.9 Å². The van der Waals surface area contributed by atoms with E-state index in [0.717, 1.165) is 22.3 Å². The standard InChI is InChI=1S/C36H38O8S2/c1-28(35(37)42-22-30-11-5-2-6-12-30)25-45(26-33-15-9-4-10-16-33)27-34(36(38)43-23-31-13-7-3-8-14-31)21-29-17-19-32(20-18-29)24-44-46(39,40)41/h2-20,28,34H,21-27H2,1H3/p+1. The fraction of sp³-hybridized carbons (Fsp3) is 0.278. The Bertz CT molecular complexity index is 1610. The summed E-state index contributed by atoms with van der Waals surface area (Å²) in [5, 5.41) is 0. The molecule has 0 aliphatic rings. The molecule has 10 heteroatoms.